The van der Waals surface area contributed by atoms with Crippen LogP contribution in [0.15, 0.2) is 200 Å². The van der Waals surface area contributed by atoms with Gasteiger partial charge in [-0.3, -0.25) is 4.57 Å². The van der Waals surface area contributed by atoms with Gasteiger partial charge in [-0.25, -0.2) is 4.98 Å². The van der Waals surface area contributed by atoms with E-state index >= 15 is 0 Å². The Balaban J connectivity index is 1.17. The first-order valence-electron chi connectivity index (χ1n) is 18.9. The molecule has 11 aromatic rings. The molecule has 3 heterocycles. The Morgan fingerprint density at radius 2 is 0.661 bits per heavy atom. The molecule has 0 spiro atoms. The number of para-hydroxylation sites is 5. The first kappa shape index (κ1) is 31.9. The van der Waals surface area contributed by atoms with Crippen molar-refractivity contribution in [1.82, 2.24) is 24.1 Å². The predicted molar refractivity (Wildman–Crippen MR) is 230 cm³/mol. The molecule has 0 saturated carbocycles. The van der Waals surface area contributed by atoms with E-state index in [2.05, 4.69) is 203 Å². The molecule has 5 nitrogen and oxygen atoms in total. The Morgan fingerprint density at radius 1 is 0.268 bits per heavy atom. The zero-order valence-electron chi connectivity index (χ0n) is 30.3. The lowest BCUT2D eigenvalue weighted by Gasteiger charge is -2.16. The SMILES string of the molecule is c1ccc(-c2ccc(-c3ccccc3-c3nc(-c4ccccc4-n4c5ccccc5c5ccccc54)nc(-n4c5ccccc5c5ccccc54)n3)cc2)cc1. The third-order valence-corrected chi connectivity index (χ3v) is 10.8. The van der Waals surface area contributed by atoms with Crippen LogP contribution >= 0.6 is 0 Å². The molecule has 0 atom stereocenters. The van der Waals surface area contributed by atoms with Crippen LogP contribution < -0.4 is 0 Å². The van der Waals surface area contributed by atoms with E-state index in [4.69, 9.17) is 15.0 Å². The molecule has 262 valence electrons. The minimum Gasteiger partial charge on any atom is -0.309 e. The maximum Gasteiger partial charge on any atom is 0.238 e. The van der Waals surface area contributed by atoms with Crippen LogP contribution in [0, 0.1) is 0 Å². The third kappa shape index (κ3) is 5.13. The second-order valence-electron chi connectivity index (χ2n) is 14.0. The summed E-state index contributed by atoms with van der Waals surface area (Å²) in [4.78, 5) is 16.1. The van der Waals surface area contributed by atoms with Crippen LogP contribution in [0.5, 0.6) is 0 Å². The highest BCUT2D eigenvalue weighted by Gasteiger charge is 2.22. The molecule has 0 amide bonds. The van der Waals surface area contributed by atoms with Crippen molar-refractivity contribution in [2.24, 2.45) is 0 Å². The van der Waals surface area contributed by atoms with Crippen molar-refractivity contribution in [3.63, 3.8) is 0 Å². The second-order valence-corrected chi connectivity index (χ2v) is 14.0. The summed E-state index contributed by atoms with van der Waals surface area (Å²) in [5.41, 5.74) is 11.7. The molecule has 0 aliphatic rings. The van der Waals surface area contributed by atoms with E-state index in [-0.39, 0.29) is 0 Å². The Morgan fingerprint density at radius 3 is 1.23 bits per heavy atom. The van der Waals surface area contributed by atoms with Crippen molar-refractivity contribution in [3.8, 4) is 56.7 Å². The van der Waals surface area contributed by atoms with Gasteiger partial charge in [-0.05, 0) is 58.7 Å². The first-order chi connectivity index (χ1) is 27.8. The maximum absolute atomic E-state index is 5.38. The molecule has 0 aliphatic heterocycles. The quantitative estimate of drug-likeness (QED) is 0.172. The average molecular weight is 716 g/mol. The molecule has 0 fully saturated rings. The summed E-state index contributed by atoms with van der Waals surface area (Å²) in [6, 6.07) is 70.2. The van der Waals surface area contributed by atoms with Crippen LogP contribution in [0.1, 0.15) is 0 Å². The van der Waals surface area contributed by atoms with Crippen LogP contribution in [-0.4, -0.2) is 24.1 Å². The van der Waals surface area contributed by atoms with Crippen molar-refractivity contribution in [2.75, 3.05) is 0 Å². The molecule has 0 N–H and O–H groups in total. The number of aromatic nitrogens is 5. The summed E-state index contributed by atoms with van der Waals surface area (Å²) >= 11 is 0. The summed E-state index contributed by atoms with van der Waals surface area (Å²) in [5, 5.41) is 4.70. The normalized spacial score (nSPS) is 11.6. The Bertz CT molecular complexity index is 3140. The highest BCUT2D eigenvalue weighted by molar-refractivity contribution is 6.10. The van der Waals surface area contributed by atoms with E-state index in [1.165, 1.54) is 21.9 Å². The number of benzene rings is 8. The summed E-state index contributed by atoms with van der Waals surface area (Å²) in [7, 11) is 0. The Labute approximate surface area is 323 Å². The van der Waals surface area contributed by atoms with Crippen molar-refractivity contribution >= 4 is 43.6 Å². The molecule has 0 unspecified atom stereocenters. The summed E-state index contributed by atoms with van der Waals surface area (Å²) in [6.07, 6.45) is 0. The number of fused-ring (bicyclic) bond motifs is 6. The molecule has 8 aromatic carbocycles. The fraction of sp³-hybridized carbons (Fsp3) is 0. The molecule has 0 radical (unpaired) electrons. The van der Waals surface area contributed by atoms with Gasteiger partial charge in [0.1, 0.15) is 0 Å². The van der Waals surface area contributed by atoms with Crippen molar-refractivity contribution in [2.45, 2.75) is 0 Å². The summed E-state index contributed by atoms with van der Waals surface area (Å²) < 4.78 is 4.52. The summed E-state index contributed by atoms with van der Waals surface area (Å²) in [6.45, 7) is 0. The van der Waals surface area contributed by atoms with Gasteiger partial charge in [-0.2, -0.15) is 9.97 Å². The molecule has 0 aliphatic carbocycles. The second kappa shape index (κ2) is 13.0. The third-order valence-electron chi connectivity index (χ3n) is 10.8. The number of hydrogen-bond donors (Lipinski definition) is 0. The van der Waals surface area contributed by atoms with Gasteiger partial charge in [0.15, 0.2) is 11.6 Å². The zero-order valence-corrected chi connectivity index (χ0v) is 30.3. The van der Waals surface area contributed by atoms with Gasteiger partial charge in [0, 0.05) is 32.7 Å². The van der Waals surface area contributed by atoms with Gasteiger partial charge in [0.05, 0.1) is 27.8 Å². The maximum atomic E-state index is 5.38. The lowest BCUT2D eigenvalue weighted by atomic mass is 9.96. The topological polar surface area (TPSA) is 48.5 Å². The van der Waals surface area contributed by atoms with E-state index in [1.807, 2.05) is 6.07 Å². The number of nitrogens with zero attached hydrogens (tertiary/aromatic N) is 5. The van der Waals surface area contributed by atoms with E-state index in [9.17, 15) is 0 Å². The lowest BCUT2D eigenvalue weighted by molar-refractivity contribution is 0.952. The average Bonchev–Trinajstić information content (AvgIpc) is 3.80. The molecule has 56 heavy (non-hydrogen) atoms. The lowest BCUT2D eigenvalue weighted by Crippen LogP contribution is -2.08. The molecular formula is C51H33N5. The van der Waals surface area contributed by atoms with E-state index in [0.29, 0.717) is 17.6 Å². The highest BCUT2D eigenvalue weighted by Crippen LogP contribution is 2.38. The van der Waals surface area contributed by atoms with Crippen molar-refractivity contribution < 1.29 is 0 Å². The van der Waals surface area contributed by atoms with E-state index in [0.717, 1.165) is 60.8 Å². The zero-order chi connectivity index (χ0) is 37.0. The Kier molecular flexibility index (Phi) is 7.42. The van der Waals surface area contributed by atoms with Gasteiger partial charge in [-0.15, -0.1) is 0 Å². The number of rotatable bonds is 6. The van der Waals surface area contributed by atoms with Gasteiger partial charge in [0.25, 0.3) is 0 Å². The first-order valence-corrected chi connectivity index (χ1v) is 18.9. The fourth-order valence-corrected chi connectivity index (χ4v) is 8.29. The van der Waals surface area contributed by atoms with Gasteiger partial charge >= 0.3 is 0 Å². The van der Waals surface area contributed by atoms with Crippen LogP contribution in [0.3, 0.4) is 0 Å². The Hall–Kier alpha value is -7.63. The highest BCUT2D eigenvalue weighted by atomic mass is 15.2. The van der Waals surface area contributed by atoms with E-state index in [1.54, 1.807) is 0 Å². The van der Waals surface area contributed by atoms with Crippen molar-refractivity contribution in [3.05, 3.63) is 200 Å². The molecular weight excluding hydrogens is 683 g/mol. The van der Waals surface area contributed by atoms with Crippen molar-refractivity contribution in [1.29, 1.82) is 0 Å². The molecule has 0 saturated heterocycles. The summed E-state index contributed by atoms with van der Waals surface area (Å²) in [5.74, 6) is 1.76. The van der Waals surface area contributed by atoms with Gasteiger partial charge < -0.3 is 4.57 Å². The van der Waals surface area contributed by atoms with Crippen LogP contribution in [0.2, 0.25) is 0 Å². The standard InChI is InChI=1S/C51H33N5/c1-2-16-34(17-3-1)35-30-32-36(33-31-35)37-18-4-5-23-42(37)49-52-50(54-51(53-49)56-46-27-13-8-21-40(46)41-22-9-14-28-47(41)56)43-24-10-15-29-48(43)55-44-25-11-6-19-38(44)39-20-7-12-26-45(39)55/h1-33H. The fourth-order valence-electron chi connectivity index (χ4n) is 8.29. The molecule has 11 rings (SSSR count). The molecule has 3 aromatic heterocycles. The molecule has 0 bridgehead atoms. The van der Waals surface area contributed by atoms with Crippen LogP contribution in [0.25, 0.3) is 100 Å². The van der Waals surface area contributed by atoms with Crippen LogP contribution in [-0.2, 0) is 0 Å². The van der Waals surface area contributed by atoms with E-state index < -0.39 is 0 Å². The van der Waals surface area contributed by atoms with Crippen LogP contribution in [0.4, 0.5) is 0 Å². The minimum absolute atomic E-state index is 0.564. The van der Waals surface area contributed by atoms with Gasteiger partial charge in [0.2, 0.25) is 5.95 Å². The largest absolute Gasteiger partial charge is 0.309 e. The predicted octanol–water partition coefficient (Wildman–Crippen LogP) is 12.7. The number of hydrogen-bond acceptors (Lipinski definition) is 3. The monoisotopic (exact) mass is 715 g/mol. The van der Waals surface area contributed by atoms with Gasteiger partial charge in [-0.1, -0.05) is 164 Å². The molecule has 5 heteroatoms. The smallest absolute Gasteiger partial charge is 0.238 e. The minimum atomic E-state index is 0.564.